The molecule has 0 spiro atoms. The summed E-state index contributed by atoms with van der Waals surface area (Å²) in [4.78, 5) is 0. The van der Waals surface area contributed by atoms with Crippen LogP contribution in [0.25, 0.3) is 10.8 Å². The monoisotopic (exact) mass is 233 g/mol. The van der Waals surface area contributed by atoms with Crippen LogP contribution in [0.5, 0.6) is 0 Å². The Bertz CT molecular complexity index is 491. The zero-order valence-electron chi connectivity index (χ0n) is 9.63. The van der Waals surface area contributed by atoms with E-state index in [1.165, 1.54) is 10.9 Å². The van der Waals surface area contributed by atoms with Gasteiger partial charge < -0.3 is 5.32 Å². The predicted octanol–water partition coefficient (Wildman–Crippen LogP) is 3.99. The van der Waals surface area contributed by atoms with Crippen molar-refractivity contribution in [3.8, 4) is 0 Å². The van der Waals surface area contributed by atoms with Gasteiger partial charge in [-0.1, -0.05) is 55.8 Å². The Morgan fingerprint density at radius 3 is 2.44 bits per heavy atom. The molecule has 0 saturated heterocycles. The van der Waals surface area contributed by atoms with Gasteiger partial charge in [0.15, 0.2) is 0 Å². The Labute approximate surface area is 101 Å². The van der Waals surface area contributed by atoms with Crippen LogP contribution >= 0.6 is 11.6 Å². The lowest BCUT2D eigenvalue weighted by Crippen LogP contribution is -2.21. The molecule has 0 saturated carbocycles. The highest BCUT2D eigenvalue weighted by molar-refractivity contribution is 6.35. The Morgan fingerprint density at radius 2 is 1.75 bits per heavy atom. The van der Waals surface area contributed by atoms with Crippen molar-refractivity contribution >= 4 is 22.4 Å². The lowest BCUT2D eigenvalue weighted by molar-refractivity contribution is 0.591. The standard InChI is InChI=1S/C14H16ClN/c1-10(2)16-9-11-7-8-14(15)13-6-4-3-5-12(11)13/h3-8,10,16H,9H2,1-2H3. The van der Waals surface area contributed by atoms with Crippen LogP contribution in [0.4, 0.5) is 0 Å². The van der Waals surface area contributed by atoms with Gasteiger partial charge in [0.05, 0.1) is 0 Å². The first-order valence-corrected chi connectivity index (χ1v) is 5.96. The summed E-state index contributed by atoms with van der Waals surface area (Å²) in [6.07, 6.45) is 0. The molecule has 0 fully saturated rings. The highest BCUT2D eigenvalue weighted by atomic mass is 35.5. The topological polar surface area (TPSA) is 12.0 Å². The molecule has 2 aromatic rings. The smallest absolute Gasteiger partial charge is 0.0484 e. The summed E-state index contributed by atoms with van der Waals surface area (Å²) in [7, 11) is 0. The Balaban J connectivity index is 2.42. The first kappa shape index (κ1) is 11.4. The molecule has 0 unspecified atom stereocenters. The van der Waals surface area contributed by atoms with Crippen LogP contribution in [0.1, 0.15) is 19.4 Å². The normalized spacial score (nSPS) is 11.2. The third-order valence-electron chi connectivity index (χ3n) is 2.66. The first-order chi connectivity index (χ1) is 7.68. The number of hydrogen-bond acceptors (Lipinski definition) is 1. The molecular formula is C14H16ClN. The van der Waals surface area contributed by atoms with E-state index >= 15 is 0 Å². The van der Waals surface area contributed by atoms with Crippen LogP contribution in [0, 0.1) is 0 Å². The molecule has 16 heavy (non-hydrogen) atoms. The Morgan fingerprint density at radius 1 is 1.06 bits per heavy atom. The van der Waals surface area contributed by atoms with Crippen LogP contribution < -0.4 is 5.32 Å². The van der Waals surface area contributed by atoms with Crippen molar-refractivity contribution in [1.82, 2.24) is 5.32 Å². The number of benzene rings is 2. The molecule has 2 heteroatoms. The van der Waals surface area contributed by atoms with Crippen molar-refractivity contribution in [2.45, 2.75) is 26.4 Å². The number of hydrogen-bond donors (Lipinski definition) is 1. The Hall–Kier alpha value is -1.05. The van der Waals surface area contributed by atoms with E-state index < -0.39 is 0 Å². The van der Waals surface area contributed by atoms with Gasteiger partial charge >= 0.3 is 0 Å². The van der Waals surface area contributed by atoms with Crippen molar-refractivity contribution in [1.29, 1.82) is 0 Å². The first-order valence-electron chi connectivity index (χ1n) is 5.58. The van der Waals surface area contributed by atoms with E-state index in [4.69, 9.17) is 11.6 Å². The van der Waals surface area contributed by atoms with Crippen molar-refractivity contribution in [2.75, 3.05) is 0 Å². The van der Waals surface area contributed by atoms with Crippen LogP contribution in [-0.2, 0) is 6.54 Å². The summed E-state index contributed by atoms with van der Waals surface area (Å²) in [5.74, 6) is 0. The maximum Gasteiger partial charge on any atom is 0.0484 e. The highest BCUT2D eigenvalue weighted by Gasteiger charge is 2.04. The van der Waals surface area contributed by atoms with Gasteiger partial charge in [0, 0.05) is 23.0 Å². The molecule has 1 nitrogen and oxygen atoms in total. The molecule has 2 aromatic carbocycles. The Kier molecular flexibility index (Phi) is 3.47. The molecule has 0 aliphatic carbocycles. The van der Waals surface area contributed by atoms with Crippen LogP contribution in [0.3, 0.4) is 0 Å². The minimum Gasteiger partial charge on any atom is -0.310 e. The van der Waals surface area contributed by atoms with Gasteiger partial charge in [-0.15, -0.1) is 0 Å². The van der Waals surface area contributed by atoms with E-state index in [2.05, 4.69) is 43.4 Å². The summed E-state index contributed by atoms with van der Waals surface area (Å²) in [6, 6.07) is 12.8. The maximum atomic E-state index is 6.17. The molecule has 0 aliphatic rings. The van der Waals surface area contributed by atoms with Gasteiger partial charge in [0.1, 0.15) is 0 Å². The number of halogens is 1. The summed E-state index contributed by atoms with van der Waals surface area (Å²) in [6.45, 7) is 5.19. The highest BCUT2D eigenvalue weighted by Crippen LogP contribution is 2.26. The second kappa shape index (κ2) is 4.86. The summed E-state index contributed by atoms with van der Waals surface area (Å²) >= 11 is 6.17. The maximum absolute atomic E-state index is 6.17. The summed E-state index contributed by atoms with van der Waals surface area (Å²) in [5.41, 5.74) is 1.30. The summed E-state index contributed by atoms with van der Waals surface area (Å²) in [5, 5.41) is 6.62. The fourth-order valence-corrected chi connectivity index (χ4v) is 2.02. The predicted molar refractivity (Wildman–Crippen MR) is 70.9 cm³/mol. The third kappa shape index (κ3) is 2.37. The van der Waals surface area contributed by atoms with Crippen molar-refractivity contribution in [2.24, 2.45) is 0 Å². The molecule has 1 N–H and O–H groups in total. The van der Waals surface area contributed by atoms with Crippen LogP contribution in [0.2, 0.25) is 5.02 Å². The average Bonchev–Trinajstić information content (AvgIpc) is 2.28. The molecule has 2 rings (SSSR count). The van der Waals surface area contributed by atoms with Gasteiger partial charge in [-0.3, -0.25) is 0 Å². The van der Waals surface area contributed by atoms with Gasteiger partial charge in [0.2, 0.25) is 0 Å². The minimum atomic E-state index is 0.495. The molecule has 0 radical (unpaired) electrons. The molecule has 0 aromatic heterocycles. The zero-order chi connectivity index (χ0) is 11.5. The van der Waals surface area contributed by atoms with Gasteiger partial charge in [-0.05, 0) is 17.0 Å². The molecule has 0 aliphatic heterocycles. The average molecular weight is 234 g/mol. The lowest BCUT2D eigenvalue weighted by Gasteiger charge is -2.11. The van der Waals surface area contributed by atoms with E-state index in [9.17, 15) is 0 Å². The van der Waals surface area contributed by atoms with E-state index in [0.29, 0.717) is 6.04 Å². The quantitative estimate of drug-likeness (QED) is 0.845. The second-order valence-electron chi connectivity index (χ2n) is 4.29. The van der Waals surface area contributed by atoms with Crippen molar-refractivity contribution in [3.63, 3.8) is 0 Å². The fraction of sp³-hybridized carbons (Fsp3) is 0.286. The molecule has 0 atom stereocenters. The van der Waals surface area contributed by atoms with E-state index in [1.807, 2.05) is 12.1 Å². The fourth-order valence-electron chi connectivity index (χ4n) is 1.79. The molecular weight excluding hydrogens is 218 g/mol. The van der Waals surface area contributed by atoms with Gasteiger partial charge in [-0.25, -0.2) is 0 Å². The zero-order valence-corrected chi connectivity index (χ0v) is 10.4. The van der Waals surface area contributed by atoms with Crippen LogP contribution in [-0.4, -0.2) is 6.04 Å². The summed E-state index contributed by atoms with van der Waals surface area (Å²) < 4.78 is 0. The number of fused-ring (bicyclic) bond motifs is 1. The largest absolute Gasteiger partial charge is 0.310 e. The van der Waals surface area contributed by atoms with E-state index in [-0.39, 0.29) is 0 Å². The van der Waals surface area contributed by atoms with Crippen LogP contribution in [0.15, 0.2) is 36.4 Å². The van der Waals surface area contributed by atoms with E-state index in [0.717, 1.165) is 17.0 Å². The van der Waals surface area contributed by atoms with E-state index in [1.54, 1.807) is 0 Å². The number of nitrogens with one attached hydrogen (secondary N) is 1. The SMILES string of the molecule is CC(C)NCc1ccc(Cl)c2ccccc12. The van der Waals surface area contributed by atoms with Crippen molar-refractivity contribution in [3.05, 3.63) is 47.0 Å². The number of rotatable bonds is 3. The molecule has 0 bridgehead atoms. The van der Waals surface area contributed by atoms with Crippen molar-refractivity contribution < 1.29 is 0 Å². The minimum absolute atomic E-state index is 0.495. The lowest BCUT2D eigenvalue weighted by atomic mass is 10.0. The molecule has 0 amide bonds. The van der Waals surface area contributed by atoms with Gasteiger partial charge in [-0.2, -0.15) is 0 Å². The second-order valence-corrected chi connectivity index (χ2v) is 4.69. The third-order valence-corrected chi connectivity index (χ3v) is 2.99. The van der Waals surface area contributed by atoms with Gasteiger partial charge in [0.25, 0.3) is 0 Å². The molecule has 0 heterocycles. The molecule has 84 valence electrons.